The zero-order valence-corrected chi connectivity index (χ0v) is 15.8. The van der Waals surface area contributed by atoms with E-state index in [0.717, 1.165) is 18.9 Å². The molecule has 1 aliphatic rings. The molecule has 7 nitrogen and oxygen atoms in total. The number of hydrogen-bond donors (Lipinski definition) is 2. The molecule has 0 spiro atoms. The number of carboxylic acids is 1. The molecule has 4 rings (SSSR count). The summed E-state index contributed by atoms with van der Waals surface area (Å²) in [7, 11) is 0. The minimum Gasteiger partial charge on any atom is -0.476 e. The van der Waals surface area contributed by atoms with Crippen LogP contribution in [0.5, 0.6) is 0 Å². The number of hydrogen-bond acceptors (Lipinski definition) is 5. The topological polar surface area (TPSA) is 97.1 Å². The van der Waals surface area contributed by atoms with E-state index in [9.17, 15) is 27.9 Å². The Morgan fingerprint density at radius 1 is 1.23 bits per heavy atom. The minimum atomic E-state index is -2.96. The number of aromatic carboxylic acids is 1. The molecule has 1 fully saturated rings. The molecule has 30 heavy (non-hydrogen) atoms. The van der Waals surface area contributed by atoms with Gasteiger partial charge in [-0.3, -0.25) is 4.79 Å². The summed E-state index contributed by atoms with van der Waals surface area (Å²) >= 11 is 0. The lowest BCUT2D eigenvalue weighted by Crippen LogP contribution is -2.20. The number of rotatable bonds is 6. The fourth-order valence-corrected chi connectivity index (χ4v) is 3.40. The van der Waals surface area contributed by atoms with Crippen molar-refractivity contribution in [3.05, 3.63) is 63.5 Å². The number of alkyl halides is 2. The van der Waals surface area contributed by atoms with Crippen molar-refractivity contribution in [1.29, 1.82) is 0 Å². The lowest BCUT2D eigenvalue weighted by molar-refractivity contribution is 0.0691. The first-order valence-electron chi connectivity index (χ1n) is 9.26. The Balaban J connectivity index is 1.80. The zero-order valence-electron chi connectivity index (χ0n) is 15.8. The summed E-state index contributed by atoms with van der Waals surface area (Å²) in [6.07, 6.45) is 0.221. The van der Waals surface area contributed by atoms with Crippen LogP contribution in [0.25, 0.3) is 10.8 Å². The summed E-state index contributed by atoms with van der Waals surface area (Å²) in [5.74, 6) is -2.24. The average molecular weight is 418 g/mol. The van der Waals surface area contributed by atoms with Crippen LogP contribution in [0.2, 0.25) is 0 Å². The van der Waals surface area contributed by atoms with Gasteiger partial charge >= 0.3 is 5.97 Å². The van der Waals surface area contributed by atoms with Gasteiger partial charge in [0.1, 0.15) is 5.82 Å². The summed E-state index contributed by atoms with van der Waals surface area (Å²) < 4.78 is 42.1. The smallest absolute Gasteiger partial charge is 0.357 e. The molecule has 1 atom stereocenters. The Hall–Kier alpha value is -3.43. The van der Waals surface area contributed by atoms with E-state index < -0.39 is 29.8 Å². The molecular formula is C20H17F3N4O3. The molecule has 0 amide bonds. The highest BCUT2D eigenvalue weighted by molar-refractivity contribution is 6.04. The molecule has 10 heteroatoms. The standard InChI is InChI=1S/C20H17F3N4O3/c1-9(11-3-2-4-12(16(11)21)18(22)23)24-19-14-8-27(10-5-6-10)15(28)7-13(14)17(20(29)30)25-26-19/h2-4,7-10,18H,5-6H2,1H3,(H,24,26)(H,29,30)/t9-/m1/s1. The van der Waals surface area contributed by atoms with Gasteiger partial charge in [0.25, 0.3) is 12.0 Å². The van der Waals surface area contributed by atoms with Crippen molar-refractivity contribution in [3.8, 4) is 0 Å². The fraction of sp³-hybridized carbons (Fsp3) is 0.300. The highest BCUT2D eigenvalue weighted by Gasteiger charge is 2.27. The van der Waals surface area contributed by atoms with Crippen molar-refractivity contribution in [2.24, 2.45) is 0 Å². The highest BCUT2D eigenvalue weighted by atomic mass is 19.3. The van der Waals surface area contributed by atoms with Gasteiger partial charge in [0.05, 0.1) is 11.6 Å². The van der Waals surface area contributed by atoms with Crippen molar-refractivity contribution in [1.82, 2.24) is 14.8 Å². The van der Waals surface area contributed by atoms with Crippen LogP contribution in [0.3, 0.4) is 0 Å². The maximum atomic E-state index is 14.5. The average Bonchev–Trinajstić information content (AvgIpc) is 3.52. The number of pyridine rings is 1. The molecule has 2 aromatic heterocycles. The molecule has 0 unspecified atom stereocenters. The van der Waals surface area contributed by atoms with E-state index in [1.807, 2.05) is 0 Å². The monoisotopic (exact) mass is 418 g/mol. The lowest BCUT2D eigenvalue weighted by Gasteiger charge is -2.18. The summed E-state index contributed by atoms with van der Waals surface area (Å²) in [4.78, 5) is 23.9. The molecule has 0 aliphatic heterocycles. The van der Waals surface area contributed by atoms with Crippen LogP contribution in [0, 0.1) is 5.82 Å². The van der Waals surface area contributed by atoms with Crippen LogP contribution in [0.4, 0.5) is 19.0 Å². The maximum Gasteiger partial charge on any atom is 0.357 e. The maximum absolute atomic E-state index is 14.5. The first-order valence-corrected chi connectivity index (χ1v) is 9.26. The highest BCUT2D eigenvalue weighted by Crippen LogP contribution is 2.35. The van der Waals surface area contributed by atoms with Crippen molar-refractivity contribution in [3.63, 3.8) is 0 Å². The van der Waals surface area contributed by atoms with Crippen LogP contribution in [0.1, 0.15) is 59.9 Å². The van der Waals surface area contributed by atoms with E-state index in [2.05, 4.69) is 15.5 Å². The number of halogens is 3. The summed E-state index contributed by atoms with van der Waals surface area (Å²) in [6.45, 7) is 1.56. The molecule has 1 saturated carbocycles. The van der Waals surface area contributed by atoms with Gasteiger partial charge in [0.2, 0.25) is 0 Å². The molecule has 1 aromatic carbocycles. The predicted octanol–water partition coefficient (Wildman–Crippen LogP) is 4.07. The van der Waals surface area contributed by atoms with E-state index >= 15 is 0 Å². The van der Waals surface area contributed by atoms with Crippen LogP contribution in [-0.2, 0) is 0 Å². The Bertz CT molecular complexity index is 1210. The van der Waals surface area contributed by atoms with E-state index in [1.54, 1.807) is 6.92 Å². The van der Waals surface area contributed by atoms with Gasteiger partial charge in [-0.15, -0.1) is 10.2 Å². The van der Waals surface area contributed by atoms with E-state index in [0.29, 0.717) is 5.39 Å². The lowest BCUT2D eigenvalue weighted by atomic mass is 10.0. The second-order valence-corrected chi connectivity index (χ2v) is 7.20. The third-order valence-electron chi connectivity index (χ3n) is 5.10. The number of aromatic nitrogens is 3. The number of fused-ring (bicyclic) bond motifs is 1. The Morgan fingerprint density at radius 3 is 2.57 bits per heavy atom. The van der Waals surface area contributed by atoms with Gasteiger partial charge in [0, 0.05) is 34.6 Å². The van der Waals surface area contributed by atoms with Crippen molar-refractivity contribution < 1.29 is 23.1 Å². The molecule has 0 radical (unpaired) electrons. The number of carboxylic acid groups (broad SMARTS) is 1. The second kappa shape index (κ2) is 7.43. The van der Waals surface area contributed by atoms with Gasteiger partial charge in [0.15, 0.2) is 11.5 Å². The van der Waals surface area contributed by atoms with Crippen LogP contribution < -0.4 is 10.9 Å². The van der Waals surface area contributed by atoms with E-state index in [1.165, 1.54) is 29.0 Å². The number of nitrogens with zero attached hydrogens (tertiary/aromatic N) is 3. The summed E-state index contributed by atoms with van der Waals surface area (Å²) in [5.41, 5.74) is -1.44. The van der Waals surface area contributed by atoms with Gasteiger partial charge in [-0.2, -0.15) is 0 Å². The van der Waals surface area contributed by atoms with E-state index in [4.69, 9.17) is 0 Å². The van der Waals surface area contributed by atoms with Crippen LogP contribution in [0.15, 0.2) is 35.3 Å². The Labute approximate surface area is 168 Å². The number of benzene rings is 1. The number of nitrogens with one attached hydrogen (secondary N) is 1. The molecular weight excluding hydrogens is 401 g/mol. The van der Waals surface area contributed by atoms with Crippen molar-refractivity contribution >= 4 is 22.6 Å². The normalized spacial score (nSPS) is 14.8. The second-order valence-electron chi connectivity index (χ2n) is 7.20. The first-order chi connectivity index (χ1) is 14.3. The molecule has 2 N–H and O–H groups in total. The van der Waals surface area contributed by atoms with Crippen molar-refractivity contribution in [2.75, 3.05) is 5.32 Å². The number of anilines is 1. The molecule has 0 bridgehead atoms. The largest absolute Gasteiger partial charge is 0.476 e. The van der Waals surface area contributed by atoms with Gasteiger partial charge in [-0.1, -0.05) is 18.2 Å². The zero-order chi connectivity index (χ0) is 21.6. The molecule has 3 aromatic rings. The Kier molecular flexibility index (Phi) is 4.92. The fourth-order valence-electron chi connectivity index (χ4n) is 3.40. The van der Waals surface area contributed by atoms with Crippen molar-refractivity contribution in [2.45, 2.75) is 38.3 Å². The Morgan fingerprint density at radius 2 is 1.93 bits per heavy atom. The van der Waals surface area contributed by atoms with Gasteiger partial charge in [-0.05, 0) is 19.8 Å². The summed E-state index contributed by atoms with van der Waals surface area (Å²) in [6, 6.07) is 4.17. The van der Waals surface area contributed by atoms with E-state index in [-0.39, 0.29) is 34.1 Å². The van der Waals surface area contributed by atoms with Gasteiger partial charge in [-0.25, -0.2) is 18.0 Å². The third kappa shape index (κ3) is 3.49. The molecule has 156 valence electrons. The number of carbonyl (C=O) groups is 1. The SMILES string of the molecule is C[C@@H](Nc1nnc(C(=O)O)c2cc(=O)n(C3CC3)cc12)c1cccc(C(F)F)c1F. The van der Waals surface area contributed by atoms with Crippen LogP contribution >= 0.6 is 0 Å². The molecule has 0 saturated heterocycles. The van der Waals surface area contributed by atoms with Crippen LogP contribution in [-0.4, -0.2) is 25.8 Å². The predicted molar refractivity (Wildman–Crippen MR) is 102 cm³/mol. The quantitative estimate of drug-likeness (QED) is 0.626. The molecule has 1 aliphatic carbocycles. The minimum absolute atomic E-state index is 0.000533. The van der Waals surface area contributed by atoms with Gasteiger partial charge < -0.3 is 15.0 Å². The summed E-state index contributed by atoms with van der Waals surface area (Å²) in [5, 5.41) is 20.3. The first kappa shape index (κ1) is 19.9. The molecule has 2 heterocycles. The third-order valence-corrected chi connectivity index (χ3v) is 5.10.